The van der Waals surface area contributed by atoms with E-state index >= 15 is 0 Å². The second-order valence-electron chi connectivity index (χ2n) is 4.47. The fourth-order valence-corrected chi connectivity index (χ4v) is 2.39. The Morgan fingerprint density at radius 1 is 1.32 bits per heavy atom. The number of urea groups is 1. The van der Waals surface area contributed by atoms with Gasteiger partial charge in [-0.25, -0.2) is 9.78 Å². The molecular weight excluding hydrogens is 302 g/mol. The van der Waals surface area contributed by atoms with Crippen molar-refractivity contribution in [3.05, 3.63) is 36.5 Å². The van der Waals surface area contributed by atoms with E-state index in [1.807, 2.05) is 30.3 Å². The number of imide groups is 1. The van der Waals surface area contributed by atoms with E-state index in [-0.39, 0.29) is 0 Å². The number of aromatic nitrogens is 1. The van der Waals surface area contributed by atoms with Crippen molar-refractivity contribution in [1.82, 2.24) is 15.6 Å². The van der Waals surface area contributed by atoms with Gasteiger partial charge < -0.3 is 9.73 Å². The van der Waals surface area contributed by atoms with Crippen LogP contribution in [0.3, 0.4) is 0 Å². The van der Waals surface area contributed by atoms with Crippen molar-refractivity contribution in [3.8, 4) is 11.3 Å². The Morgan fingerprint density at radius 2 is 2.05 bits per heavy atom. The zero-order valence-corrected chi connectivity index (χ0v) is 13.1. The lowest BCUT2D eigenvalue weighted by atomic mass is 10.2. The Kier molecular flexibility index (Phi) is 5.60. The predicted octanol–water partition coefficient (Wildman–Crippen LogP) is 2.67. The van der Waals surface area contributed by atoms with Gasteiger partial charge in [0.2, 0.25) is 5.91 Å². The fraction of sp³-hybridized carbons (Fsp3) is 0.267. The standard InChI is InChI=1S/C15H17N3O3S/c1-3-16-14(20)18-13(19)10(2)22-15-17-9-12(21-15)11-7-5-4-6-8-11/h4-10H,3H2,1-2H3,(H2,16,18,19,20)/t10-/m1/s1. The van der Waals surface area contributed by atoms with Gasteiger partial charge in [-0.05, 0) is 13.8 Å². The molecule has 1 aromatic heterocycles. The van der Waals surface area contributed by atoms with Crippen LogP contribution in [-0.2, 0) is 4.79 Å². The third-order valence-electron chi connectivity index (χ3n) is 2.76. The molecule has 0 saturated heterocycles. The molecule has 0 aliphatic heterocycles. The van der Waals surface area contributed by atoms with Crippen LogP contribution < -0.4 is 10.6 Å². The number of nitrogens with one attached hydrogen (secondary N) is 2. The Labute approximate surface area is 132 Å². The lowest BCUT2D eigenvalue weighted by Crippen LogP contribution is -2.42. The summed E-state index contributed by atoms with van der Waals surface area (Å²) in [5, 5.41) is 4.65. The molecular formula is C15H17N3O3S. The zero-order chi connectivity index (χ0) is 15.9. The van der Waals surface area contributed by atoms with E-state index in [1.165, 1.54) is 0 Å². The fourth-order valence-electron chi connectivity index (χ4n) is 1.67. The van der Waals surface area contributed by atoms with E-state index in [2.05, 4.69) is 15.6 Å². The molecule has 3 amide bonds. The number of hydrogen-bond acceptors (Lipinski definition) is 5. The maximum Gasteiger partial charge on any atom is 0.321 e. The van der Waals surface area contributed by atoms with Crippen LogP contribution in [-0.4, -0.2) is 28.7 Å². The van der Waals surface area contributed by atoms with Gasteiger partial charge in [-0.15, -0.1) is 0 Å². The average Bonchev–Trinajstić information content (AvgIpc) is 2.96. The SMILES string of the molecule is CCNC(=O)NC(=O)[C@@H](C)Sc1ncc(-c2ccccc2)o1. The molecule has 22 heavy (non-hydrogen) atoms. The summed E-state index contributed by atoms with van der Waals surface area (Å²) >= 11 is 1.16. The first-order chi connectivity index (χ1) is 10.6. The summed E-state index contributed by atoms with van der Waals surface area (Å²) in [7, 11) is 0. The van der Waals surface area contributed by atoms with Gasteiger partial charge in [0, 0.05) is 12.1 Å². The average molecular weight is 319 g/mol. The van der Waals surface area contributed by atoms with E-state index in [0.29, 0.717) is 17.5 Å². The van der Waals surface area contributed by atoms with Gasteiger partial charge in [0.25, 0.3) is 5.22 Å². The van der Waals surface area contributed by atoms with Crippen LogP contribution in [0.2, 0.25) is 0 Å². The van der Waals surface area contributed by atoms with Crippen molar-refractivity contribution in [1.29, 1.82) is 0 Å². The molecule has 0 aliphatic rings. The minimum Gasteiger partial charge on any atom is -0.431 e. The van der Waals surface area contributed by atoms with Gasteiger partial charge in [-0.1, -0.05) is 42.1 Å². The van der Waals surface area contributed by atoms with Gasteiger partial charge >= 0.3 is 6.03 Å². The monoisotopic (exact) mass is 319 g/mol. The van der Waals surface area contributed by atoms with Crippen LogP contribution >= 0.6 is 11.8 Å². The van der Waals surface area contributed by atoms with Crippen molar-refractivity contribution in [2.45, 2.75) is 24.3 Å². The van der Waals surface area contributed by atoms with Gasteiger partial charge in [0.15, 0.2) is 5.76 Å². The van der Waals surface area contributed by atoms with Crippen LogP contribution in [0.15, 0.2) is 46.2 Å². The first kappa shape index (κ1) is 16.1. The molecule has 116 valence electrons. The number of amides is 3. The summed E-state index contributed by atoms with van der Waals surface area (Å²) in [4.78, 5) is 27.3. The second-order valence-corrected chi connectivity index (χ2v) is 5.76. The molecule has 2 N–H and O–H groups in total. The number of hydrogen-bond donors (Lipinski definition) is 2. The van der Waals surface area contributed by atoms with Crippen molar-refractivity contribution >= 4 is 23.7 Å². The minimum atomic E-state index is -0.502. The maximum absolute atomic E-state index is 11.8. The molecule has 1 heterocycles. The highest BCUT2D eigenvalue weighted by Crippen LogP contribution is 2.27. The van der Waals surface area contributed by atoms with Crippen LogP contribution in [0.4, 0.5) is 4.79 Å². The van der Waals surface area contributed by atoms with E-state index in [1.54, 1.807) is 20.0 Å². The zero-order valence-electron chi connectivity index (χ0n) is 12.3. The first-order valence-electron chi connectivity index (χ1n) is 6.86. The van der Waals surface area contributed by atoms with Crippen LogP contribution in [0.25, 0.3) is 11.3 Å². The number of oxazole rings is 1. The lowest BCUT2D eigenvalue weighted by Gasteiger charge is -2.09. The number of rotatable bonds is 5. The van der Waals surface area contributed by atoms with Gasteiger partial charge in [0.1, 0.15) is 0 Å². The summed E-state index contributed by atoms with van der Waals surface area (Å²) in [6.45, 7) is 3.92. The summed E-state index contributed by atoms with van der Waals surface area (Å²) in [6.07, 6.45) is 1.62. The molecule has 6 nitrogen and oxygen atoms in total. The van der Waals surface area contributed by atoms with Crippen molar-refractivity contribution in [2.75, 3.05) is 6.54 Å². The van der Waals surface area contributed by atoms with Crippen LogP contribution in [0.5, 0.6) is 0 Å². The predicted molar refractivity (Wildman–Crippen MR) is 84.5 cm³/mol. The molecule has 0 radical (unpaired) electrons. The molecule has 1 atom stereocenters. The second kappa shape index (κ2) is 7.65. The van der Waals surface area contributed by atoms with E-state index in [9.17, 15) is 9.59 Å². The third-order valence-corrected chi connectivity index (χ3v) is 3.72. The first-order valence-corrected chi connectivity index (χ1v) is 7.74. The smallest absolute Gasteiger partial charge is 0.321 e. The van der Waals surface area contributed by atoms with Gasteiger partial charge in [-0.2, -0.15) is 0 Å². The Morgan fingerprint density at radius 3 is 2.73 bits per heavy atom. The summed E-state index contributed by atoms with van der Waals surface area (Å²) < 4.78 is 5.61. The maximum atomic E-state index is 11.8. The van der Waals surface area contributed by atoms with E-state index in [0.717, 1.165) is 17.3 Å². The molecule has 1 aromatic carbocycles. The number of carbonyl (C=O) groups is 2. The van der Waals surface area contributed by atoms with E-state index < -0.39 is 17.2 Å². The lowest BCUT2D eigenvalue weighted by molar-refractivity contribution is -0.119. The molecule has 0 saturated carbocycles. The molecule has 0 aliphatic carbocycles. The molecule has 2 aromatic rings. The summed E-state index contributed by atoms with van der Waals surface area (Å²) in [5.41, 5.74) is 0.918. The highest BCUT2D eigenvalue weighted by molar-refractivity contribution is 8.00. The summed E-state index contributed by atoms with van der Waals surface area (Å²) in [5.74, 6) is 0.245. The molecule has 7 heteroatoms. The topological polar surface area (TPSA) is 84.2 Å². The molecule has 0 spiro atoms. The molecule has 0 bridgehead atoms. The minimum absolute atomic E-state index is 0.386. The molecule has 0 fully saturated rings. The normalized spacial score (nSPS) is 11.7. The highest BCUT2D eigenvalue weighted by Gasteiger charge is 2.19. The quantitative estimate of drug-likeness (QED) is 0.828. The van der Waals surface area contributed by atoms with Crippen molar-refractivity contribution in [3.63, 3.8) is 0 Å². The number of carbonyl (C=O) groups excluding carboxylic acids is 2. The third kappa shape index (κ3) is 4.36. The molecule has 2 rings (SSSR count). The van der Waals surface area contributed by atoms with Crippen LogP contribution in [0, 0.1) is 0 Å². The Balaban J connectivity index is 1.95. The Hall–Kier alpha value is -2.28. The number of thioether (sulfide) groups is 1. The van der Waals surface area contributed by atoms with Crippen LogP contribution in [0.1, 0.15) is 13.8 Å². The largest absolute Gasteiger partial charge is 0.431 e. The van der Waals surface area contributed by atoms with Gasteiger partial charge in [0.05, 0.1) is 11.4 Å². The number of benzene rings is 1. The summed E-state index contributed by atoms with van der Waals surface area (Å²) in [6, 6.07) is 9.07. The Bertz CT molecular complexity index is 642. The van der Waals surface area contributed by atoms with E-state index in [4.69, 9.17) is 4.42 Å². The van der Waals surface area contributed by atoms with Crippen molar-refractivity contribution in [2.24, 2.45) is 0 Å². The highest BCUT2D eigenvalue weighted by atomic mass is 32.2. The molecule has 0 unspecified atom stereocenters. The van der Waals surface area contributed by atoms with Gasteiger partial charge in [-0.3, -0.25) is 10.1 Å². The number of nitrogens with zero attached hydrogens (tertiary/aromatic N) is 1. The van der Waals surface area contributed by atoms with Crippen molar-refractivity contribution < 1.29 is 14.0 Å².